The van der Waals surface area contributed by atoms with Crippen LogP contribution in [0.2, 0.25) is 0 Å². The molecule has 0 aliphatic rings. The summed E-state index contributed by atoms with van der Waals surface area (Å²) in [5.41, 5.74) is 0.691. The molecule has 140 valence electrons. The molecule has 0 fully saturated rings. The van der Waals surface area contributed by atoms with E-state index in [0.29, 0.717) is 10.8 Å². The van der Waals surface area contributed by atoms with E-state index in [1.54, 1.807) is 30.3 Å². The fourth-order valence-electron chi connectivity index (χ4n) is 3.05. The number of aryl methyl sites for hydroxylation is 1. The summed E-state index contributed by atoms with van der Waals surface area (Å²) in [6, 6.07) is 13.0. The zero-order chi connectivity index (χ0) is 19.6. The van der Waals surface area contributed by atoms with Crippen molar-refractivity contribution in [3.63, 3.8) is 0 Å². The molecule has 0 bridgehead atoms. The van der Waals surface area contributed by atoms with Gasteiger partial charge in [0, 0.05) is 19.0 Å². The van der Waals surface area contributed by atoms with Crippen LogP contribution in [0.4, 0.5) is 4.39 Å². The molecule has 1 N–H and O–H groups in total. The average Bonchev–Trinajstić information content (AvgIpc) is 2.64. The molecule has 27 heavy (non-hydrogen) atoms. The van der Waals surface area contributed by atoms with Crippen LogP contribution in [0.3, 0.4) is 0 Å². The minimum absolute atomic E-state index is 0.185. The first-order chi connectivity index (χ1) is 12.9. The van der Waals surface area contributed by atoms with Crippen LogP contribution in [0, 0.1) is 5.82 Å². The quantitative estimate of drug-likeness (QED) is 0.749. The summed E-state index contributed by atoms with van der Waals surface area (Å²) in [5, 5.41) is 7.93. The summed E-state index contributed by atoms with van der Waals surface area (Å²) in [5.74, 6) is -0.707. The SMILES string of the molecule is CN(C)C(CNC(=O)c1nn(C)c(=O)c2ccccc12)c1cccc(F)c1. The maximum atomic E-state index is 13.6. The standard InChI is InChI=1S/C20H21FN4O2/c1-24(2)17(13-7-6-8-14(21)11-13)12-22-19(26)18-15-9-4-5-10-16(15)20(27)25(3)23-18/h4-11,17H,12H2,1-3H3,(H,22,26). The number of carbonyl (C=O) groups excluding carboxylic acids is 1. The topological polar surface area (TPSA) is 67.2 Å². The Morgan fingerprint density at radius 2 is 1.89 bits per heavy atom. The second kappa shape index (κ2) is 7.67. The molecule has 1 aromatic heterocycles. The second-order valence-corrected chi connectivity index (χ2v) is 6.57. The maximum absolute atomic E-state index is 13.6. The molecular formula is C20H21FN4O2. The lowest BCUT2D eigenvalue weighted by molar-refractivity contribution is 0.0936. The van der Waals surface area contributed by atoms with E-state index in [1.165, 1.54) is 19.2 Å². The normalized spacial score (nSPS) is 12.3. The number of halogens is 1. The largest absolute Gasteiger partial charge is 0.349 e. The number of benzene rings is 2. The van der Waals surface area contributed by atoms with E-state index in [1.807, 2.05) is 25.1 Å². The van der Waals surface area contributed by atoms with Crippen molar-refractivity contribution in [1.82, 2.24) is 20.0 Å². The lowest BCUT2D eigenvalue weighted by Gasteiger charge is -2.25. The summed E-state index contributed by atoms with van der Waals surface area (Å²) in [7, 11) is 5.24. The van der Waals surface area contributed by atoms with Crippen LogP contribution >= 0.6 is 0 Å². The summed E-state index contributed by atoms with van der Waals surface area (Å²) in [6.07, 6.45) is 0. The first kappa shape index (κ1) is 18.7. The van der Waals surface area contributed by atoms with E-state index >= 15 is 0 Å². The van der Waals surface area contributed by atoms with Crippen LogP contribution in [-0.2, 0) is 7.05 Å². The van der Waals surface area contributed by atoms with Gasteiger partial charge in [0.2, 0.25) is 0 Å². The van der Waals surface area contributed by atoms with Crippen LogP contribution in [0.25, 0.3) is 10.8 Å². The molecule has 3 aromatic rings. The third-order valence-corrected chi connectivity index (χ3v) is 4.48. The van der Waals surface area contributed by atoms with Gasteiger partial charge in [-0.3, -0.25) is 9.59 Å². The summed E-state index contributed by atoms with van der Waals surface area (Å²) in [6.45, 7) is 0.272. The van der Waals surface area contributed by atoms with Crippen molar-refractivity contribution in [3.8, 4) is 0 Å². The van der Waals surface area contributed by atoms with Gasteiger partial charge in [0.25, 0.3) is 11.5 Å². The summed E-state index contributed by atoms with van der Waals surface area (Å²) < 4.78 is 14.7. The highest BCUT2D eigenvalue weighted by Gasteiger charge is 2.19. The summed E-state index contributed by atoms with van der Waals surface area (Å²) >= 11 is 0. The minimum atomic E-state index is -0.384. The average molecular weight is 368 g/mol. The van der Waals surface area contributed by atoms with Gasteiger partial charge < -0.3 is 10.2 Å². The smallest absolute Gasteiger partial charge is 0.274 e. The molecule has 0 spiro atoms. The van der Waals surface area contributed by atoms with E-state index in [2.05, 4.69) is 10.4 Å². The van der Waals surface area contributed by atoms with Crippen molar-refractivity contribution in [2.75, 3.05) is 20.6 Å². The zero-order valence-corrected chi connectivity index (χ0v) is 15.4. The van der Waals surface area contributed by atoms with Gasteiger partial charge in [-0.15, -0.1) is 0 Å². The first-order valence-electron chi connectivity index (χ1n) is 8.54. The molecule has 0 saturated carbocycles. The molecule has 1 unspecified atom stereocenters. The Kier molecular flexibility index (Phi) is 5.32. The van der Waals surface area contributed by atoms with Crippen molar-refractivity contribution < 1.29 is 9.18 Å². The number of hydrogen-bond acceptors (Lipinski definition) is 4. The zero-order valence-electron chi connectivity index (χ0n) is 15.4. The lowest BCUT2D eigenvalue weighted by atomic mass is 10.1. The van der Waals surface area contributed by atoms with E-state index < -0.39 is 0 Å². The summed E-state index contributed by atoms with van der Waals surface area (Å²) in [4.78, 5) is 26.9. The van der Waals surface area contributed by atoms with Gasteiger partial charge in [0.05, 0.1) is 11.4 Å². The highest BCUT2D eigenvalue weighted by Crippen LogP contribution is 2.19. The molecule has 7 heteroatoms. The number of rotatable bonds is 5. The van der Waals surface area contributed by atoms with Gasteiger partial charge >= 0.3 is 0 Å². The van der Waals surface area contributed by atoms with Crippen LogP contribution in [-0.4, -0.2) is 41.2 Å². The maximum Gasteiger partial charge on any atom is 0.274 e. The molecule has 0 radical (unpaired) electrons. The van der Waals surface area contributed by atoms with E-state index in [9.17, 15) is 14.0 Å². The second-order valence-electron chi connectivity index (χ2n) is 6.57. The fourth-order valence-corrected chi connectivity index (χ4v) is 3.05. The van der Waals surface area contributed by atoms with Gasteiger partial charge in [-0.1, -0.05) is 30.3 Å². The Bertz CT molecular complexity index is 1050. The molecule has 1 atom stereocenters. The van der Waals surface area contributed by atoms with Crippen LogP contribution < -0.4 is 10.9 Å². The van der Waals surface area contributed by atoms with E-state index in [0.717, 1.165) is 10.2 Å². The predicted molar refractivity (Wildman–Crippen MR) is 102 cm³/mol. The number of hydrogen-bond donors (Lipinski definition) is 1. The molecule has 0 saturated heterocycles. The number of aromatic nitrogens is 2. The Hall–Kier alpha value is -3.06. The van der Waals surface area contributed by atoms with Gasteiger partial charge in [-0.2, -0.15) is 5.10 Å². The number of nitrogens with zero attached hydrogens (tertiary/aromatic N) is 3. The Balaban J connectivity index is 1.88. The van der Waals surface area contributed by atoms with E-state index in [-0.39, 0.29) is 35.6 Å². The van der Waals surface area contributed by atoms with Crippen molar-refractivity contribution in [2.45, 2.75) is 6.04 Å². The van der Waals surface area contributed by atoms with Crippen molar-refractivity contribution in [1.29, 1.82) is 0 Å². The monoisotopic (exact) mass is 368 g/mol. The predicted octanol–water partition coefficient (Wildman–Crippen LogP) is 2.11. The number of likely N-dealkylation sites (N-methyl/N-ethyl adjacent to an activating group) is 1. The molecule has 0 aliphatic carbocycles. The van der Waals surface area contributed by atoms with Crippen LogP contribution in [0.15, 0.2) is 53.3 Å². The van der Waals surface area contributed by atoms with Gasteiger partial charge in [-0.25, -0.2) is 9.07 Å². The highest BCUT2D eigenvalue weighted by atomic mass is 19.1. The molecule has 0 aliphatic heterocycles. The minimum Gasteiger partial charge on any atom is -0.349 e. The van der Waals surface area contributed by atoms with Crippen molar-refractivity contribution >= 4 is 16.7 Å². The number of nitrogens with one attached hydrogen (secondary N) is 1. The first-order valence-corrected chi connectivity index (χ1v) is 8.54. The number of carbonyl (C=O) groups is 1. The van der Waals surface area contributed by atoms with Crippen molar-refractivity contribution in [2.24, 2.45) is 7.05 Å². The van der Waals surface area contributed by atoms with Crippen LogP contribution in [0.1, 0.15) is 22.1 Å². The number of fused-ring (bicyclic) bond motifs is 1. The molecule has 1 amide bonds. The van der Waals surface area contributed by atoms with Gasteiger partial charge in [0.1, 0.15) is 5.82 Å². The van der Waals surface area contributed by atoms with Crippen molar-refractivity contribution in [3.05, 3.63) is 76.0 Å². The fraction of sp³-hybridized carbons (Fsp3) is 0.250. The van der Waals surface area contributed by atoms with E-state index in [4.69, 9.17) is 0 Å². The van der Waals surface area contributed by atoms with Gasteiger partial charge in [-0.05, 0) is 37.9 Å². The Morgan fingerprint density at radius 3 is 2.56 bits per heavy atom. The Labute approximate surface area is 156 Å². The molecule has 1 heterocycles. The molecule has 6 nitrogen and oxygen atoms in total. The third-order valence-electron chi connectivity index (χ3n) is 4.48. The molecule has 2 aromatic carbocycles. The lowest BCUT2D eigenvalue weighted by Crippen LogP contribution is -2.36. The number of amides is 1. The Morgan fingerprint density at radius 1 is 1.19 bits per heavy atom. The molecule has 3 rings (SSSR count). The van der Waals surface area contributed by atoms with Gasteiger partial charge in [0.15, 0.2) is 5.69 Å². The third kappa shape index (κ3) is 3.88. The molecular weight excluding hydrogens is 347 g/mol. The highest BCUT2D eigenvalue weighted by molar-refractivity contribution is 6.04. The van der Waals surface area contributed by atoms with Crippen LogP contribution in [0.5, 0.6) is 0 Å².